The van der Waals surface area contributed by atoms with Crippen molar-refractivity contribution in [1.29, 1.82) is 0 Å². The molecule has 0 aliphatic carbocycles. The number of benzene rings is 1. The van der Waals surface area contributed by atoms with Crippen LogP contribution in [0.1, 0.15) is 36.0 Å². The molecule has 9 heteroatoms. The summed E-state index contributed by atoms with van der Waals surface area (Å²) in [6, 6.07) is 9.02. The van der Waals surface area contributed by atoms with E-state index in [1.165, 1.54) is 16.8 Å². The summed E-state index contributed by atoms with van der Waals surface area (Å²) in [4.78, 5) is 44.0. The predicted octanol–water partition coefficient (Wildman–Crippen LogP) is 1.53. The van der Waals surface area contributed by atoms with E-state index in [-0.39, 0.29) is 18.4 Å². The van der Waals surface area contributed by atoms with Gasteiger partial charge < -0.3 is 14.1 Å². The van der Waals surface area contributed by atoms with Crippen molar-refractivity contribution in [2.24, 2.45) is 0 Å². The van der Waals surface area contributed by atoms with E-state index in [9.17, 15) is 14.4 Å². The quantitative estimate of drug-likeness (QED) is 0.643. The molecule has 0 spiro atoms. The van der Waals surface area contributed by atoms with Gasteiger partial charge in [-0.2, -0.15) is 0 Å². The largest absolute Gasteiger partial charge is 0.497 e. The summed E-state index contributed by atoms with van der Waals surface area (Å²) in [5.41, 5.74) is 0.0154. The zero-order chi connectivity index (χ0) is 21.8. The van der Waals surface area contributed by atoms with Crippen molar-refractivity contribution in [2.45, 2.75) is 31.7 Å². The SMILES string of the molecule is COc1ccc(Cc2cnc(C3CCCN(C(=O)Cn4ccc(=O)[nH]c4=O)C3)o2)cc1. The van der Waals surface area contributed by atoms with Gasteiger partial charge in [0, 0.05) is 31.8 Å². The van der Waals surface area contributed by atoms with Gasteiger partial charge in [-0.05, 0) is 30.5 Å². The number of carbonyl (C=O) groups excluding carboxylic acids is 1. The molecule has 0 saturated carbocycles. The van der Waals surface area contributed by atoms with E-state index in [4.69, 9.17) is 9.15 Å². The molecule has 1 aliphatic heterocycles. The number of likely N-dealkylation sites (tertiary alicyclic amines) is 1. The normalized spacial score (nSPS) is 16.3. The van der Waals surface area contributed by atoms with Gasteiger partial charge in [-0.25, -0.2) is 9.78 Å². The highest BCUT2D eigenvalue weighted by atomic mass is 16.5. The van der Waals surface area contributed by atoms with Crippen LogP contribution in [-0.2, 0) is 17.8 Å². The summed E-state index contributed by atoms with van der Waals surface area (Å²) in [5.74, 6) is 2.03. The number of aromatic nitrogens is 3. The van der Waals surface area contributed by atoms with Crippen LogP contribution < -0.4 is 16.0 Å². The van der Waals surface area contributed by atoms with E-state index in [0.717, 1.165) is 29.9 Å². The van der Waals surface area contributed by atoms with E-state index in [0.29, 0.717) is 25.4 Å². The Morgan fingerprint density at radius 3 is 2.81 bits per heavy atom. The lowest BCUT2D eigenvalue weighted by Crippen LogP contribution is -2.42. The molecule has 1 saturated heterocycles. The number of nitrogens with one attached hydrogen (secondary N) is 1. The molecule has 4 rings (SSSR count). The molecule has 1 aliphatic rings. The second-order valence-corrected chi connectivity index (χ2v) is 7.61. The van der Waals surface area contributed by atoms with Gasteiger partial charge in [0.2, 0.25) is 5.91 Å². The van der Waals surface area contributed by atoms with Crippen LogP contribution in [0.2, 0.25) is 0 Å². The lowest BCUT2D eigenvalue weighted by Gasteiger charge is -2.31. The summed E-state index contributed by atoms with van der Waals surface area (Å²) in [5, 5.41) is 0. The predicted molar refractivity (Wildman–Crippen MR) is 112 cm³/mol. The molecule has 0 radical (unpaired) electrons. The van der Waals surface area contributed by atoms with Crippen LogP contribution in [-0.4, -0.2) is 45.5 Å². The first-order chi connectivity index (χ1) is 15.0. The summed E-state index contributed by atoms with van der Waals surface area (Å²) in [6.45, 7) is 0.989. The maximum atomic E-state index is 12.7. The highest BCUT2D eigenvalue weighted by Crippen LogP contribution is 2.27. The van der Waals surface area contributed by atoms with Crippen LogP contribution >= 0.6 is 0 Å². The third-order valence-corrected chi connectivity index (χ3v) is 5.43. The number of hydrogen-bond acceptors (Lipinski definition) is 6. The number of oxazole rings is 1. The first kappa shape index (κ1) is 20.6. The Kier molecular flexibility index (Phi) is 6.01. The van der Waals surface area contributed by atoms with Crippen LogP contribution in [0.4, 0.5) is 0 Å². The van der Waals surface area contributed by atoms with Crippen LogP contribution in [0.3, 0.4) is 0 Å². The number of methoxy groups -OCH3 is 1. The van der Waals surface area contributed by atoms with Crippen molar-refractivity contribution in [1.82, 2.24) is 19.4 Å². The van der Waals surface area contributed by atoms with Gasteiger partial charge in [0.1, 0.15) is 18.1 Å². The van der Waals surface area contributed by atoms with Crippen LogP contribution in [0, 0.1) is 0 Å². The summed E-state index contributed by atoms with van der Waals surface area (Å²) in [6.07, 6.45) is 5.40. The zero-order valence-corrected chi connectivity index (χ0v) is 17.2. The molecule has 162 valence electrons. The van der Waals surface area contributed by atoms with Gasteiger partial charge in [-0.1, -0.05) is 12.1 Å². The molecule has 3 aromatic rings. The van der Waals surface area contributed by atoms with E-state index >= 15 is 0 Å². The molecule has 3 heterocycles. The summed E-state index contributed by atoms with van der Waals surface area (Å²) >= 11 is 0. The Hall–Kier alpha value is -3.62. The minimum Gasteiger partial charge on any atom is -0.497 e. The Labute approximate surface area is 178 Å². The molecule has 1 unspecified atom stereocenters. The average Bonchev–Trinajstić information content (AvgIpc) is 3.25. The number of H-pyrrole nitrogens is 1. The number of rotatable bonds is 6. The van der Waals surface area contributed by atoms with Crippen molar-refractivity contribution in [3.63, 3.8) is 0 Å². The van der Waals surface area contributed by atoms with Crippen molar-refractivity contribution in [3.05, 3.63) is 80.8 Å². The Morgan fingerprint density at radius 1 is 1.26 bits per heavy atom. The van der Waals surface area contributed by atoms with Gasteiger partial charge in [-0.3, -0.25) is 19.1 Å². The lowest BCUT2D eigenvalue weighted by atomic mass is 9.98. The minimum absolute atomic E-state index is 0.00891. The molecule has 1 amide bonds. The molecule has 31 heavy (non-hydrogen) atoms. The molecule has 1 aromatic carbocycles. The third kappa shape index (κ3) is 4.93. The van der Waals surface area contributed by atoms with Crippen molar-refractivity contribution < 1.29 is 13.9 Å². The number of nitrogens with zero attached hydrogens (tertiary/aromatic N) is 3. The molecule has 9 nitrogen and oxygen atoms in total. The van der Waals surface area contributed by atoms with Gasteiger partial charge in [-0.15, -0.1) is 0 Å². The molecule has 2 aromatic heterocycles. The lowest BCUT2D eigenvalue weighted by molar-refractivity contribution is -0.133. The molecular formula is C22H24N4O5. The number of aromatic amines is 1. The number of piperidine rings is 1. The monoisotopic (exact) mass is 424 g/mol. The summed E-state index contributed by atoms with van der Waals surface area (Å²) in [7, 11) is 1.63. The standard InChI is InChI=1S/C22H24N4O5/c1-30-17-6-4-15(5-7-17)11-18-12-23-21(31-18)16-3-2-9-25(13-16)20(28)14-26-10-8-19(27)24-22(26)29/h4-8,10,12,16H,2-3,9,11,13-14H2,1H3,(H,24,27,29). The molecule has 0 bridgehead atoms. The number of amides is 1. The fraction of sp³-hybridized carbons (Fsp3) is 0.364. The second-order valence-electron chi connectivity index (χ2n) is 7.61. The molecule has 1 atom stereocenters. The second kappa shape index (κ2) is 9.03. The smallest absolute Gasteiger partial charge is 0.328 e. The molecular weight excluding hydrogens is 400 g/mol. The highest BCUT2D eigenvalue weighted by Gasteiger charge is 2.28. The van der Waals surface area contributed by atoms with E-state index < -0.39 is 11.2 Å². The number of ether oxygens (including phenoxy) is 1. The fourth-order valence-electron chi connectivity index (χ4n) is 3.76. The maximum absolute atomic E-state index is 12.7. The molecule has 1 fully saturated rings. The van der Waals surface area contributed by atoms with Crippen molar-refractivity contribution in [3.8, 4) is 5.75 Å². The molecule has 1 N–H and O–H groups in total. The van der Waals surface area contributed by atoms with Crippen LogP contribution in [0.5, 0.6) is 5.75 Å². The van der Waals surface area contributed by atoms with Gasteiger partial charge in [0.25, 0.3) is 5.56 Å². The number of hydrogen-bond donors (Lipinski definition) is 1. The van der Waals surface area contributed by atoms with Crippen LogP contribution in [0.15, 0.2) is 56.7 Å². The zero-order valence-electron chi connectivity index (χ0n) is 17.2. The van der Waals surface area contributed by atoms with Gasteiger partial charge in [0.05, 0.1) is 19.2 Å². The van der Waals surface area contributed by atoms with Crippen molar-refractivity contribution in [2.75, 3.05) is 20.2 Å². The number of carbonyl (C=O) groups is 1. The Balaban J connectivity index is 1.39. The van der Waals surface area contributed by atoms with E-state index in [2.05, 4.69) is 9.97 Å². The minimum atomic E-state index is -0.592. The Bertz CT molecular complexity index is 1160. The van der Waals surface area contributed by atoms with Gasteiger partial charge in [0.15, 0.2) is 5.89 Å². The fourth-order valence-corrected chi connectivity index (χ4v) is 3.76. The van der Waals surface area contributed by atoms with E-state index in [1.807, 2.05) is 24.3 Å². The van der Waals surface area contributed by atoms with Gasteiger partial charge >= 0.3 is 5.69 Å². The first-order valence-electron chi connectivity index (χ1n) is 10.2. The summed E-state index contributed by atoms with van der Waals surface area (Å²) < 4.78 is 12.4. The first-order valence-corrected chi connectivity index (χ1v) is 10.2. The Morgan fingerprint density at radius 2 is 2.06 bits per heavy atom. The highest BCUT2D eigenvalue weighted by molar-refractivity contribution is 5.76. The average molecular weight is 424 g/mol. The maximum Gasteiger partial charge on any atom is 0.328 e. The van der Waals surface area contributed by atoms with E-state index in [1.54, 1.807) is 18.2 Å². The third-order valence-electron chi connectivity index (χ3n) is 5.43. The van der Waals surface area contributed by atoms with Crippen LogP contribution in [0.25, 0.3) is 0 Å². The topological polar surface area (TPSA) is 110 Å². The van der Waals surface area contributed by atoms with Crippen molar-refractivity contribution >= 4 is 5.91 Å².